The number of benzene rings is 2. The van der Waals surface area contributed by atoms with Crippen LogP contribution in [-0.2, 0) is 10.5 Å². The van der Waals surface area contributed by atoms with Gasteiger partial charge in [0.05, 0.1) is 12.2 Å². The van der Waals surface area contributed by atoms with E-state index in [0.717, 1.165) is 30.2 Å². The topological polar surface area (TPSA) is 50.4 Å². The van der Waals surface area contributed by atoms with Gasteiger partial charge in [-0.2, -0.15) is 11.8 Å². The average Bonchev–Trinajstić information content (AvgIpc) is 2.65. The summed E-state index contributed by atoms with van der Waals surface area (Å²) in [5.41, 5.74) is 3.95. The molecule has 0 saturated carbocycles. The molecule has 0 saturated heterocycles. The van der Waals surface area contributed by atoms with Crippen LogP contribution >= 0.6 is 24.0 Å². The van der Waals surface area contributed by atoms with Gasteiger partial charge >= 0.3 is 5.97 Å². The van der Waals surface area contributed by atoms with Crippen LogP contribution < -0.4 is 10.6 Å². The number of thioether (sulfide) groups is 1. The van der Waals surface area contributed by atoms with Crippen LogP contribution in [0, 0.1) is 6.92 Å². The fraction of sp³-hybridized carbons (Fsp3) is 0.333. The van der Waals surface area contributed by atoms with Crippen LogP contribution in [-0.4, -0.2) is 30.0 Å². The molecular formula is C21H26N2O2S2. The highest BCUT2D eigenvalue weighted by molar-refractivity contribution is 7.98. The molecule has 6 heteroatoms. The molecule has 0 amide bonds. The fourth-order valence-corrected chi connectivity index (χ4v) is 3.61. The van der Waals surface area contributed by atoms with Crippen molar-refractivity contribution in [1.82, 2.24) is 5.32 Å². The highest BCUT2D eigenvalue weighted by atomic mass is 32.2. The second kappa shape index (κ2) is 11.6. The molecule has 2 aromatic carbocycles. The Morgan fingerprint density at radius 1 is 1.19 bits per heavy atom. The van der Waals surface area contributed by atoms with Crippen LogP contribution in [0.5, 0.6) is 0 Å². The maximum Gasteiger partial charge on any atom is 0.338 e. The van der Waals surface area contributed by atoms with Crippen molar-refractivity contribution in [3.05, 3.63) is 65.2 Å². The molecule has 0 spiro atoms. The van der Waals surface area contributed by atoms with Crippen LogP contribution in [0.3, 0.4) is 0 Å². The summed E-state index contributed by atoms with van der Waals surface area (Å²) in [7, 11) is 0. The molecule has 0 aliphatic heterocycles. The number of carbonyl (C=O) groups excluding carboxylic acids is 1. The summed E-state index contributed by atoms with van der Waals surface area (Å²) in [6.07, 6.45) is 1.03. The van der Waals surface area contributed by atoms with E-state index in [0.29, 0.717) is 17.3 Å². The number of rotatable bonds is 9. The number of anilines is 1. The van der Waals surface area contributed by atoms with E-state index in [1.807, 2.05) is 17.8 Å². The van der Waals surface area contributed by atoms with Crippen molar-refractivity contribution < 1.29 is 9.53 Å². The predicted octanol–water partition coefficient (Wildman–Crippen LogP) is 4.78. The largest absolute Gasteiger partial charge is 0.462 e. The molecule has 0 heterocycles. The van der Waals surface area contributed by atoms with Crippen LogP contribution in [0.15, 0.2) is 48.5 Å². The molecule has 2 rings (SSSR count). The Morgan fingerprint density at radius 2 is 2.00 bits per heavy atom. The smallest absolute Gasteiger partial charge is 0.338 e. The van der Waals surface area contributed by atoms with Crippen LogP contribution in [0.2, 0.25) is 0 Å². The number of hydrogen-bond donors (Lipinski definition) is 2. The standard InChI is InChI=1S/C21H26N2O2S2/c1-3-25-20(24)18-9-5-10-19(14-18)23-21(26)22-11-6-12-27-15-17-8-4-7-16(2)13-17/h4-5,7-10,13-14H,3,6,11-12,15H2,1-2H3,(H2,22,23,26). The van der Waals surface area contributed by atoms with Gasteiger partial charge in [-0.25, -0.2) is 4.79 Å². The van der Waals surface area contributed by atoms with Crippen molar-refractivity contribution in [2.24, 2.45) is 0 Å². The number of carbonyl (C=O) groups is 1. The molecule has 0 aromatic heterocycles. The van der Waals surface area contributed by atoms with Gasteiger partial charge in [0, 0.05) is 18.0 Å². The summed E-state index contributed by atoms with van der Waals surface area (Å²) in [6, 6.07) is 15.8. The van der Waals surface area contributed by atoms with Crippen LogP contribution in [0.25, 0.3) is 0 Å². The molecule has 2 N–H and O–H groups in total. The van der Waals surface area contributed by atoms with Gasteiger partial charge in [0.25, 0.3) is 0 Å². The normalized spacial score (nSPS) is 10.3. The van der Waals surface area contributed by atoms with Gasteiger partial charge in [-0.1, -0.05) is 35.9 Å². The summed E-state index contributed by atoms with van der Waals surface area (Å²) >= 11 is 7.25. The first-order chi connectivity index (χ1) is 13.1. The Balaban J connectivity index is 1.65. The second-order valence-electron chi connectivity index (χ2n) is 6.08. The van der Waals surface area contributed by atoms with E-state index in [4.69, 9.17) is 17.0 Å². The molecule has 144 valence electrons. The molecule has 0 atom stereocenters. The highest BCUT2D eigenvalue weighted by Gasteiger charge is 2.07. The SMILES string of the molecule is CCOC(=O)c1cccc(NC(=S)NCCCSCc2cccc(C)c2)c1. The third kappa shape index (κ3) is 8.01. The third-order valence-corrected chi connectivity index (χ3v) is 5.10. The van der Waals surface area contributed by atoms with E-state index in [2.05, 4.69) is 41.8 Å². The zero-order chi connectivity index (χ0) is 19.5. The summed E-state index contributed by atoms with van der Waals surface area (Å²) in [5.74, 6) is 1.78. The van der Waals surface area contributed by atoms with E-state index in [1.165, 1.54) is 11.1 Å². The molecule has 0 radical (unpaired) electrons. The van der Waals surface area contributed by atoms with E-state index < -0.39 is 0 Å². The van der Waals surface area contributed by atoms with E-state index in [1.54, 1.807) is 25.1 Å². The zero-order valence-corrected chi connectivity index (χ0v) is 17.4. The van der Waals surface area contributed by atoms with Crippen LogP contribution in [0.1, 0.15) is 34.8 Å². The van der Waals surface area contributed by atoms with Gasteiger partial charge in [0.15, 0.2) is 5.11 Å². The highest BCUT2D eigenvalue weighted by Crippen LogP contribution is 2.14. The monoisotopic (exact) mass is 402 g/mol. The molecule has 0 unspecified atom stereocenters. The zero-order valence-electron chi connectivity index (χ0n) is 15.8. The van der Waals surface area contributed by atoms with Crippen LogP contribution in [0.4, 0.5) is 5.69 Å². The van der Waals surface area contributed by atoms with Gasteiger partial charge in [-0.3, -0.25) is 0 Å². The summed E-state index contributed by atoms with van der Waals surface area (Å²) in [4.78, 5) is 11.8. The first-order valence-corrected chi connectivity index (χ1v) is 10.6. The Labute approximate surface area is 171 Å². The van der Waals surface area contributed by atoms with Gasteiger partial charge in [-0.15, -0.1) is 0 Å². The summed E-state index contributed by atoms with van der Waals surface area (Å²) < 4.78 is 5.01. The summed E-state index contributed by atoms with van der Waals surface area (Å²) in [6.45, 7) is 5.08. The van der Waals surface area contributed by atoms with Crippen molar-refractivity contribution in [2.75, 3.05) is 24.2 Å². The molecule has 27 heavy (non-hydrogen) atoms. The van der Waals surface area contributed by atoms with Crippen molar-refractivity contribution in [1.29, 1.82) is 0 Å². The molecule has 0 bridgehead atoms. The molecule has 2 aromatic rings. The first kappa shape index (κ1) is 21.3. The lowest BCUT2D eigenvalue weighted by atomic mass is 10.2. The van der Waals surface area contributed by atoms with Crippen molar-refractivity contribution in [2.45, 2.75) is 26.0 Å². The molecule has 4 nitrogen and oxygen atoms in total. The number of ether oxygens (including phenoxy) is 1. The lowest BCUT2D eigenvalue weighted by molar-refractivity contribution is 0.0526. The van der Waals surface area contributed by atoms with Crippen molar-refractivity contribution in [3.8, 4) is 0 Å². The van der Waals surface area contributed by atoms with Gasteiger partial charge < -0.3 is 15.4 Å². The lowest BCUT2D eigenvalue weighted by Gasteiger charge is -2.11. The molecular weight excluding hydrogens is 376 g/mol. The number of hydrogen-bond acceptors (Lipinski definition) is 4. The molecule has 0 fully saturated rings. The number of nitrogens with one attached hydrogen (secondary N) is 2. The minimum atomic E-state index is -0.328. The number of aryl methyl sites for hydroxylation is 1. The second-order valence-corrected chi connectivity index (χ2v) is 7.59. The van der Waals surface area contributed by atoms with Crippen molar-refractivity contribution >= 4 is 40.7 Å². The van der Waals surface area contributed by atoms with Crippen molar-refractivity contribution in [3.63, 3.8) is 0 Å². The van der Waals surface area contributed by atoms with E-state index >= 15 is 0 Å². The van der Waals surface area contributed by atoms with Gasteiger partial charge in [0.1, 0.15) is 0 Å². The number of esters is 1. The Morgan fingerprint density at radius 3 is 2.78 bits per heavy atom. The Bertz CT molecular complexity index is 765. The minimum absolute atomic E-state index is 0.328. The van der Waals surface area contributed by atoms with E-state index in [9.17, 15) is 4.79 Å². The number of thiocarbonyl (C=S) groups is 1. The molecule has 0 aliphatic rings. The summed E-state index contributed by atoms with van der Waals surface area (Å²) in [5, 5.41) is 6.87. The maximum absolute atomic E-state index is 11.8. The first-order valence-electron chi connectivity index (χ1n) is 9.04. The third-order valence-electron chi connectivity index (χ3n) is 3.73. The Kier molecular flexibility index (Phi) is 9.15. The quantitative estimate of drug-likeness (QED) is 0.358. The lowest BCUT2D eigenvalue weighted by Crippen LogP contribution is -2.29. The average molecular weight is 403 g/mol. The Hall–Kier alpha value is -2.05. The fourth-order valence-electron chi connectivity index (χ4n) is 2.48. The van der Waals surface area contributed by atoms with Gasteiger partial charge in [-0.05, 0) is 62.0 Å². The van der Waals surface area contributed by atoms with Gasteiger partial charge in [0.2, 0.25) is 0 Å². The predicted molar refractivity (Wildman–Crippen MR) is 119 cm³/mol. The minimum Gasteiger partial charge on any atom is -0.462 e. The van der Waals surface area contributed by atoms with E-state index in [-0.39, 0.29) is 5.97 Å². The molecule has 0 aliphatic carbocycles. The maximum atomic E-state index is 11.8.